The van der Waals surface area contributed by atoms with Gasteiger partial charge in [0.15, 0.2) is 0 Å². The van der Waals surface area contributed by atoms with E-state index in [1.54, 1.807) is 0 Å². The van der Waals surface area contributed by atoms with Crippen LogP contribution >= 0.6 is 0 Å². The van der Waals surface area contributed by atoms with E-state index in [1.807, 2.05) is 31.2 Å². The van der Waals surface area contributed by atoms with E-state index in [-0.39, 0.29) is 18.1 Å². The highest BCUT2D eigenvalue weighted by Crippen LogP contribution is 2.18. The summed E-state index contributed by atoms with van der Waals surface area (Å²) in [6, 6.07) is 7.85. The molecule has 1 aliphatic rings. The highest BCUT2D eigenvalue weighted by Gasteiger charge is 2.24. The fourth-order valence-electron chi connectivity index (χ4n) is 2.52. The average Bonchev–Trinajstić information content (AvgIpc) is 2.35. The van der Waals surface area contributed by atoms with Crippen LogP contribution in [0.25, 0.3) is 0 Å². The Morgan fingerprint density at radius 3 is 2.78 bits per heavy atom. The van der Waals surface area contributed by atoms with E-state index in [9.17, 15) is 9.90 Å². The van der Waals surface area contributed by atoms with E-state index in [2.05, 4.69) is 5.32 Å². The second-order valence-corrected chi connectivity index (χ2v) is 5.13. The van der Waals surface area contributed by atoms with Gasteiger partial charge in [-0.15, -0.1) is 0 Å². The minimum atomic E-state index is -0.375. The second kappa shape index (κ2) is 6.01. The summed E-state index contributed by atoms with van der Waals surface area (Å²) in [7, 11) is 0. The monoisotopic (exact) mass is 247 g/mol. The van der Waals surface area contributed by atoms with Crippen molar-refractivity contribution in [3.05, 3.63) is 35.4 Å². The molecular formula is C15H21NO2. The zero-order valence-corrected chi connectivity index (χ0v) is 10.9. The molecule has 18 heavy (non-hydrogen) atoms. The van der Waals surface area contributed by atoms with Gasteiger partial charge in [-0.2, -0.15) is 0 Å². The zero-order chi connectivity index (χ0) is 13.0. The van der Waals surface area contributed by atoms with Gasteiger partial charge in [-0.05, 0) is 30.9 Å². The van der Waals surface area contributed by atoms with Gasteiger partial charge >= 0.3 is 0 Å². The van der Waals surface area contributed by atoms with Gasteiger partial charge in [0.1, 0.15) is 0 Å². The fourth-order valence-corrected chi connectivity index (χ4v) is 2.52. The number of aliphatic hydroxyl groups excluding tert-OH is 1. The van der Waals surface area contributed by atoms with Gasteiger partial charge in [-0.3, -0.25) is 4.79 Å². The van der Waals surface area contributed by atoms with Crippen molar-refractivity contribution in [3.63, 3.8) is 0 Å². The van der Waals surface area contributed by atoms with Gasteiger partial charge in [0.05, 0.1) is 18.6 Å². The summed E-state index contributed by atoms with van der Waals surface area (Å²) in [6.07, 6.45) is 3.86. The first-order valence-corrected chi connectivity index (χ1v) is 6.69. The summed E-state index contributed by atoms with van der Waals surface area (Å²) in [5, 5.41) is 12.8. The Hall–Kier alpha value is -1.35. The number of amides is 1. The summed E-state index contributed by atoms with van der Waals surface area (Å²) in [5.74, 6) is 0.00949. The molecule has 0 aliphatic heterocycles. The molecule has 2 atom stereocenters. The Labute approximate surface area is 108 Å². The third-order valence-electron chi connectivity index (χ3n) is 3.69. The summed E-state index contributed by atoms with van der Waals surface area (Å²) in [4.78, 5) is 12.0. The summed E-state index contributed by atoms with van der Waals surface area (Å²) < 4.78 is 0. The van der Waals surface area contributed by atoms with Crippen molar-refractivity contribution in [1.82, 2.24) is 5.32 Å². The predicted octanol–water partition coefficient (Wildman–Crippen LogP) is 1.96. The SMILES string of the molecule is Cc1ccccc1CC(=O)N[C@H]1CCCC[C@@H]1O. The fraction of sp³-hybridized carbons (Fsp3) is 0.533. The molecule has 2 rings (SSSR count). The van der Waals surface area contributed by atoms with Gasteiger partial charge in [-0.1, -0.05) is 37.1 Å². The highest BCUT2D eigenvalue weighted by molar-refractivity contribution is 5.79. The number of carbonyl (C=O) groups excluding carboxylic acids is 1. The van der Waals surface area contributed by atoms with Crippen LogP contribution in [-0.2, 0) is 11.2 Å². The van der Waals surface area contributed by atoms with E-state index in [1.165, 1.54) is 0 Å². The van der Waals surface area contributed by atoms with Gasteiger partial charge < -0.3 is 10.4 Å². The van der Waals surface area contributed by atoms with Crippen molar-refractivity contribution >= 4 is 5.91 Å². The van der Waals surface area contributed by atoms with Crippen LogP contribution in [0.4, 0.5) is 0 Å². The van der Waals surface area contributed by atoms with Crippen LogP contribution in [-0.4, -0.2) is 23.2 Å². The predicted molar refractivity (Wildman–Crippen MR) is 71.3 cm³/mol. The maximum absolute atomic E-state index is 12.0. The van der Waals surface area contributed by atoms with E-state index in [4.69, 9.17) is 0 Å². The van der Waals surface area contributed by atoms with Crippen LogP contribution < -0.4 is 5.32 Å². The lowest BCUT2D eigenvalue weighted by Crippen LogP contribution is -2.45. The minimum Gasteiger partial charge on any atom is -0.391 e. The normalized spacial score (nSPS) is 23.7. The van der Waals surface area contributed by atoms with Crippen molar-refractivity contribution in [3.8, 4) is 0 Å². The molecule has 1 amide bonds. The number of nitrogens with one attached hydrogen (secondary N) is 1. The maximum atomic E-state index is 12.0. The van der Waals surface area contributed by atoms with Gasteiger partial charge in [0.25, 0.3) is 0 Å². The van der Waals surface area contributed by atoms with Crippen molar-refractivity contribution in [2.45, 2.75) is 51.2 Å². The standard InChI is InChI=1S/C15H21NO2/c1-11-6-2-3-7-12(11)10-15(18)16-13-8-4-5-9-14(13)17/h2-3,6-7,13-14,17H,4-5,8-10H2,1H3,(H,16,18)/t13-,14-/m0/s1. The molecule has 0 radical (unpaired) electrons. The Bertz CT molecular complexity index is 417. The molecule has 0 bridgehead atoms. The van der Waals surface area contributed by atoms with E-state index in [0.29, 0.717) is 6.42 Å². The second-order valence-electron chi connectivity index (χ2n) is 5.13. The lowest BCUT2D eigenvalue weighted by atomic mass is 9.92. The largest absolute Gasteiger partial charge is 0.391 e. The number of aliphatic hydroxyl groups is 1. The minimum absolute atomic E-state index is 0.00949. The first-order chi connectivity index (χ1) is 8.66. The Kier molecular flexibility index (Phi) is 4.37. The van der Waals surface area contributed by atoms with Crippen LogP contribution in [0.2, 0.25) is 0 Å². The first-order valence-electron chi connectivity index (χ1n) is 6.69. The molecule has 0 unspecified atom stereocenters. The van der Waals surface area contributed by atoms with Crippen molar-refractivity contribution in [2.75, 3.05) is 0 Å². The molecule has 3 heteroatoms. The summed E-state index contributed by atoms with van der Waals surface area (Å²) in [5.41, 5.74) is 2.19. The third-order valence-corrected chi connectivity index (χ3v) is 3.69. The van der Waals surface area contributed by atoms with Crippen LogP contribution in [0, 0.1) is 6.92 Å². The van der Waals surface area contributed by atoms with E-state index < -0.39 is 0 Å². The number of aryl methyl sites for hydroxylation is 1. The molecule has 3 nitrogen and oxygen atoms in total. The van der Waals surface area contributed by atoms with E-state index in [0.717, 1.165) is 36.8 Å². The average molecular weight is 247 g/mol. The lowest BCUT2D eigenvalue weighted by molar-refractivity contribution is -0.122. The Morgan fingerprint density at radius 2 is 2.06 bits per heavy atom. The van der Waals surface area contributed by atoms with Crippen LogP contribution in [0.5, 0.6) is 0 Å². The molecule has 1 aromatic carbocycles. The molecule has 0 heterocycles. The number of hydrogen-bond donors (Lipinski definition) is 2. The van der Waals surface area contributed by atoms with Gasteiger partial charge in [-0.25, -0.2) is 0 Å². The topological polar surface area (TPSA) is 49.3 Å². The Balaban J connectivity index is 1.90. The molecule has 1 aromatic rings. The molecule has 0 spiro atoms. The van der Waals surface area contributed by atoms with Gasteiger partial charge in [0, 0.05) is 0 Å². The number of carbonyl (C=O) groups is 1. The van der Waals surface area contributed by atoms with Crippen LogP contribution in [0.15, 0.2) is 24.3 Å². The molecule has 98 valence electrons. The third kappa shape index (κ3) is 3.33. The highest BCUT2D eigenvalue weighted by atomic mass is 16.3. The van der Waals surface area contributed by atoms with Crippen LogP contribution in [0.3, 0.4) is 0 Å². The molecule has 0 aromatic heterocycles. The summed E-state index contributed by atoms with van der Waals surface area (Å²) >= 11 is 0. The van der Waals surface area contributed by atoms with E-state index >= 15 is 0 Å². The van der Waals surface area contributed by atoms with Crippen molar-refractivity contribution in [2.24, 2.45) is 0 Å². The number of hydrogen-bond acceptors (Lipinski definition) is 2. The van der Waals surface area contributed by atoms with Gasteiger partial charge in [0.2, 0.25) is 5.91 Å². The maximum Gasteiger partial charge on any atom is 0.224 e. The molecule has 0 saturated heterocycles. The number of rotatable bonds is 3. The Morgan fingerprint density at radius 1 is 1.33 bits per heavy atom. The van der Waals surface area contributed by atoms with Crippen molar-refractivity contribution in [1.29, 1.82) is 0 Å². The first kappa shape index (κ1) is 13.1. The molecule has 1 aliphatic carbocycles. The summed E-state index contributed by atoms with van der Waals surface area (Å²) in [6.45, 7) is 2.01. The molecule has 2 N–H and O–H groups in total. The molecule has 1 saturated carbocycles. The lowest BCUT2D eigenvalue weighted by Gasteiger charge is -2.28. The smallest absolute Gasteiger partial charge is 0.224 e. The molecular weight excluding hydrogens is 226 g/mol. The van der Waals surface area contributed by atoms with Crippen molar-refractivity contribution < 1.29 is 9.90 Å². The van der Waals surface area contributed by atoms with Crippen LogP contribution in [0.1, 0.15) is 36.8 Å². The number of benzene rings is 1. The molecule has 1 fully saturated rings. The zero-order valence-electron chi connectivity index (χ0n) is 10.9. The quantitative estimate of drug-likeness (QED) is 0.857.